The molecule has 0 aromatic heterocycles. The molecule has 0 saturated carbocycles. The summed E-state index contributed by atoms with van der Waals surface area (Å²) in [5.74, 6) is -7.11. The maximum Gasteiger partial charge on any atom is 0.331 e. The van der Waals surface area contributed by atoms with E-state index in [0.717, 1.165) is 24.5 Å². The Morgan fingerprint density at radius 1 is 0.886 bits per heavy atom. The molecule has 16 heteroatoms. The van der Waals surface area contributed by atoms with Gasteiger partial charge in [-0.25, -0.2) is 14.4 Å². The molecule has 3 saturated heterocycles. The number of ether oxygens (including phenoxy) is 8. The molecule has 70 heavy (non-hydrogen) atoms. The van der Waals surface area contributed by atoms with Crippen LogP contribution in [0.3, 0.4) is 0 Å². The van der Waals surface area contributed by atoms with Crippen molar-refractivity contribution in [2.45, 2.75) is 186 Å². The number of carbonyl (C=O) groups is 4. The summed E-state index contributed by atoms with van der Waals surface area (Å²) in [5.41, 5.74) is -1.13. The second kappa shape index (κ2) is 24.5. The number of hydrogen-bond donors (Lipinski definition) is 4. The van der Waals surface area contributed by atoms with E-state index < -0.39 is 101 Å². The van der Waals surface area contributed by atoms with Gasteiger partial charge in [0.2, 0.25) is 5.79 Å². The maximum atomic E-state index is 13.5. The number of esters is 4. The molecule has 4 N–H and O–H groups in total. The Balaban J connectivity index is 1.63. The fraction of sp³-hybridized carbons (Fsp3) is 0.593. The van der Waals surface area contributed by atoms with Gasteiger partial charge in [-0.1, -0.05) is 114 Å². The van der Waals surface area contributed by atoms with Crippen molar-refractivity contribution >= 4 is 23.9 Å². The highest BCUT2D eigenvalue weighted by Crippen LogP contribution is 2.50. The average Bonchev–Trinajstić information content (AvgIpc) is 3.27. The van der Waals surface area contributed by atoms with Crippen LogP contribution < -0.4 is 0 Å². The minimum absolute atomic E-state index is 0.0347. The van der Waals surface area contributed by atoms with E-state index >= 15 is 0 Å². The van der Waals surface area contributed by atoms with Crippen LogP contribution in [0.4, 0.5) is 0 Å². The Kier molecular flexibility index (Phi) is 19.6. The van der Waals surface area contributed by atoms with E-state index in [0.29, 0.717) is 5.57 Å². The van der Waals surface area contributed by atoms with Gasteiger partial charge in [-0.15, -0.1) is 0 Å². The number of carbonyl (C=O) groups excluding carboxylic acids is 4. The minimum atomic E-state index is -2.42. The maximum absolute atomic E-state index is 13.5. The van der Waals surface area contributed by atoms with Gasteiger partial charge in [-0.3, -0.25) is 4.79 Å². The SMILES string of the molecule is C=C1CC(O)C[C@@H]2C[C@H](OC(C)=O)C(C)(C)[C@](O)(C[C@@H]3C/C(=C/C(=O)OCc4ccccc4)C[C@H](/C=C/C(C)(C)[C@]4(O)O[C@@H](C/C(=C\C(=O)OC)[C@@H]4OC(=O)/C=C/C=C/CCC)C[C@H]([C@@H](C)O)O1)O3)O2. The molecule has 0 aliphatic carbocycles. The van der Waals surface area contributed by atoms with E-state index in [1.165, 1.54) is 39.2 Å². The zero-order chi connectivity index (χ0) is 51.4. The van der Waals surface area contributed by atoms with Gasteiger partial charge in [0, 0.05) is 62.7 Å². The van der Waals surface area contributed by atoms with E-state index in [2.05, 4.69) is 6.58 Å². The minimum Gasteiger partial charge on any atom is -0.493 e. The second-order valence-electron chi connectivity index (χ2n) is 20.0. The summed E-state index contributed by atoms with van der Waals surface area (Å²) in [5, 5.41) is 48.4. The second-order valence-corrected chi connectivity index (χ2v) is 20.0. The summed E-state index contributed by atoms with van der Waals surface area (Å²) in [6.45, 7) is 15.6. The third-order valence-electron chi connectivity index (χ3n) is 13.5. The zero-order valence-electron chi connectivity index (χ0n) is 41.9. The number of allylic oxidation sites excluding steroid dienone is 3. The van der Waals surface area contributed by atoms with Gasteiger partial charge < -0.3 is 58.3 Å². The molecular weight excluding hydrogens is 905 g/mol. The first-order valence-electron chi connectivity index (χ1n) is 24.2. The zero-order valence-corrected chi connectivity index (χ0v) is 41.9. The normalized spacial score (nSPS) is 33.7. The van der Waals surface area contributed by atoms with Gasteiger partial charge >= 0.3 is 23.9 Å². The summed E-state index contributed by atoms with van der Waals surface area (Å²) in [4.78, 5) is 52.4. The summed E-state index contributed by atoms with van der Waals surface area (Å²) >= 11 is 0. The summed E-state index contributed by atoms with van der Waals surface area (Å²) in [7, 11) is 1.19. The predicted molar refractivity (Wildman–Crippen MR) is 257 cm³/mol. The van der Waals surface area contributed by atoms with Gasteiger partial charge in [0.25, 0.3) is 0 Å². The Morgan fingerprint density at radius 3 is 2.29 bits per heavy atom. The first kappa shape index (κ1) is 56.0. The lowest BCUT2D eigenvalue weighted by atomic mass is 9.70. The lowest BCUT2D eigenvalue weighted by molar-refractivity contribution is -0.348. The largest absolute Gasteiger partial charge is 0.493 e. The van der Waals surface area contributed by atoms with Crippen molar-refractivity contribution in [3.8, 4) is 0 Å². The molecule has 5 rings (SSSR count). The Bertz CT molecular complexity index is 2140. The molecule has 0 amide bonds. The van der Waals surface area contributed by atoms with Gasteiger partial charge in [-0.05, 0) is 43.7 Å². The number of methoxy groups -OCH3 is 1. The molecule has 11 atom stereocenters. The van der Waals surface area contributed by atoms with E-state index in [-0.39, 0.29) is 69.3 Å². The Labute approximate surface area is 412 Å². The smallest absolute Gasteiger partial charge is 0.331 e. The summed E-state index contributed by atoms with van der Waals surface area (Å²) < 4.78 is 48.5. The van der Waals surface area contributed by atoms with Crippen molar-refractivity contribution in [3.05, 3.63) is 108 Å². The molecule has 1 unspecified atom stereocenters. The topological polar surface area (TPSA) is 223 Å². The first-order valence-corrected chi connectivity index (χ1v) is 24.2. The third kappa shape index (κ3) is 14.8. The first-order chi connectivity index (χ1) is 33.0. The van der Waals surface area contributed by atoms with Crippen LogP contribution in [-0.4, -0.2) is 118 Å². The van der Waals surface area contributed by atoms with Crippen molar-refractivity contribution in [3.63, 3.8) is 0 Å². The Hall–Kier alpha value is -4.94. The average molecular weight is 979 g/mol. The van der Waals surface area contributed by atoms with Crippen molar-refractivity contribution in [2.75, 3.05) is 7.11 Å². The van der Waals surface area contributed by atoms with Crippen molar-refractivity contribution in [1.82, 2.24) is 0 Å². The third-order valence-corrected chi connectivity index (χ3v) is 13.5. The van der Waals surface area contributed by atoms with Crippen LogP contribution in [0.2, 0.25) is 0 Å². The van der Waals surface area contributed by atoms with Gasteiger partial charge in [0.05, 0.1) is 54.9 Å². The van der Waals surface area contributed by atoms with Crippen LogP contribution in [0.25, 0.3) is 0 Å². The molecule has 3 fully saturated rings. The lowest BCUT2D eigenvalue weighted by Gasteiger charge is -2.53. The molecule has 4 aliphatic rings. The molecule has 0 radical (unpaired) electrons. The number of unbranched alkanes of at least 4 members (excludes halogenated alkanes) is 1. The molecule has 1 aromatic carbocycles. The number of fused-ring (bicyclic) bond motifs is 6. The molecule has 4 aliphatic heterocycles. The lowest BCUT2D eigenvalue weighted by Crippen LogP contribution is -2.62. The molecular formula is C54H74O16. The van der Waals surface area contributed by atoms with Crippen LogP contribution >= 0.6 is 0 Å². The Morgan fingerprint density at radius 2 is 1.61 bits per heavy atom. The highest BCUT2D eigenvalue weighted by atomic mass is 16.7. The molecule has 16 nitrogen and oxygen atoms in total. The molecule has 386 valence electrons. The van der Waals surface area contributed by atoms with E-state index in [1.807, 2.05) is 43.3 Å². The number of aliphatic hydroxyl groups excluding tert-OH is 2. The van der Waals surface area contributed by atoms with E-state index in [1.54, 1.807) is 45.9 Å². The number of hydrogen-bond acceptors (Lipinski definition) is 16. The van der Waals surface area contributed by atoms with Crippen molar-refractivity contribution < 1.29 is 77.5 Å². The van der Waals surface area contributed by atoms with Gasteiger partial charge in [0.1, 0.15) is 18.8 Å². The van der Waals surface area contributed by atoms with E-state index in [4.69, 9.17) is 37.9 Å². The fourth-order valence-corrected chi connectivity index (χ4v) is 9.40. The number of rotatable bonds is 11. The van der Waals surface area contributed by atoms with Crippen LogP contribution in [0.15, 0.2) is 102 Å². The summed E-state index contributed by atoms with van der Waals surface area (Å²) in [6.07, 6.45) is 4.74. The molecule has 1 aromatic rings. The molecule has 4 heterocycles. The van der Waals surface area contributed by atoms with Crippen LogP contribution in [0.5, 0.6) is 0 Å². The monoisotopic (exact) mass is 978 g/mol. The summed E-state index contributed by atoms with van der Waals surface area (Å²) in [6, 6.07) is 9.22. The van der Waals surface area contributed by atoms with Crippen LogP contribution in [0.1, 0.15) is 118 Å². The van der Waals surface area contributed by atoms with E-state index in [9.17, 15) is 39.6 Å². The van der Waals surface area contributed by atoms with Crippen LogP contribution in [0, 0.1) is 10.8 Å². The predicted octanol–water partition coefficient (Wildman–Crippen LogP) is 6.84. The number of benzene rings is 1. The van der Waals surface area contributed by atoms with Gasteiger partial charge in [-0.2, -0.15) is 0 Å². The highest BCUT2D eigenvalue weighted by molar-refractivity contribution is 5.85. The molecule has 0 spiro atoms. The fourth-order valence-electron chi connectivity index (χ4n) is 9.40. The van der Waals surface area contributed by atoms with Crippen molar-refractivity contribution in [1.29, 1.82) is 0 Å². The van der Waals surface area contributed by atoms with Crippen molar-refractivity contribution in [2.24, 2.45) is 10.8 Å². The quantitative estimate of drug-likeness (QED) is 0.0586. The standard InChI is InChI=1S/C54H74O16/c1-10-11-12-13-17-20-47(58)68-50-39(28-48(59)63-9)27-42-30-45(35(3)55)65-34(2)23-40(57)29-43-31-46(66-36(4)56)52(7,8)53(61,69-43)32-44-25-38(26-49(60)64-33-37-18-15-14-16-19-37)24-41(67-44)21-22-51(5,6)54(50,62)70-42/h12-22,26,28,35,40-46,50,55,57,61-62H,2,10-11,23-25,27,29-33H2,1,3-9H3/b13-12+,20-17+,22-21+,38-26+,39-28+/t35-,40?,41+,42+,43-,44+,45-,46+,50+,53+,54-/m1/s1. The highest BCUT2D eigenvalue weighted by Gasteiger charge is 2.59. The van der Waals surface area contributed by atoms with Crippen LogP contribution in [-0.2, 0) is 63.7 Å². The number of aliphatic hydroxyl groups is 4. The van der Waals surface area contributed by atoms with Gasteiger partial charge in [0.15, 0.2) is 11.9 Å². The molecule has 6 bridgehead atoms.